The number of fused-ring (bicyclic) bond motifs is 1. The minimum atomic E-state index is -0.124. The van der Waals surface area contributed by atoms with E-state index in [9.17, 15) is 4.79 Å². The van der Waals surface area contributed by atoms with E-state index < -0.39 is 0 Å². The molecular weight excluding hydrogens is 468 g/mol. The Bertz CT molecular complexity index is 1320. The zero-order valence-corrected chi connectivity index (χ0v) is 19.9. The number of benzene rings is 2. The Balaban J connectivity index is 1.28. The molecule has 172 valence electrons. The number of rotatable bonds is 9. The second kappa shape index (κ2) is 10.1. The highest BCUT2D eigenvalue weighted by Crippen LogP contribution is 2.33. The van der Waals surface area contributed by atoms with E-state index in [1.165, 1.54) is 0 Å². The van der Waals surface area contributed by atoms with Gasteiger partial charge in [0.15, 0.2) is 22.5 Å². The van der Waals surface area contributed by atoms with Crippen LogP contribution in [0.3, 0.4) is 0 Å². The number of carbonyl (C=O) groups excluding carboxylic acids is 1. The van der Waals surface area contributed by atoms with Gasteiger partial charge in [0.25, 0.3) is 5.91 Å². The zero-order valence-electron chi connectivity index (χ0n) is 18.3. The number of thiophene rings is 1. The highest BCUT2D eigenvalue weighted by atomic mass is 32.2. The molecule has 2 aromatic heterocycles. The molecule has 7 nitrogen and oxygen atoms in total. The van der Waals surface area contributed by atoms with Crippen LogP contribution in [0.25, 0.3) is 10.7 Å². The van der Waals surface area contributed by atoms with Crippen LogP contribution in [-0.4, -0.2) is 27.5 Å². The minimum absolute atomic E-state index is 0.124. The van der Waals surface area contributed by atoms with Crippen LogP contribution in [0, 0.1) is 0 Å². The number of nitrogens with zero attached hydrogens (tertiary/aromatic N) is 3. The van der Waals surface area contributed by atoms with Crippen molar-refractivity contribution < 1.29 is 14.3 Å². The summed E-state index contributed by atoms with van der Waals surface area (Å²) in [4.78, 5) is 14.1. The summed E-state index contributed by atoms with van der Waals surface area (Å²) in [6.45, 7) is 5.11. The van der Waals surface area contributed by atoms with Gasteiger partial charge in [-0.1, -0.05) is 48.2 Å². The fraction of sp³-hybridized carbons (Fsp3) is 0.160. The molecule has 2 aromatic carbocycles. The first-order valence-electron chi connectivity index (χ1n) is 10.7. The second-order valence-corrected chi connectivity index (χ2v) is 9.39. The van der Waals surface area contributed by atoms with Crippen LogP contribution in [-0.2, 0) is 18.8 Å². The molecule has 0 fully saturated rings. The lowest BCUT2D eigenvalue weighted by atomic mass is 10.1. The van der Waals surface area contributed by atoms with E-state index in [4.69, 9.17) is 9.47 Å². The molecular formula is C25H22N4O3S2. The summed E-state index contributed by atoms with van der Waals surface area (Å²) >= 11 is 3.18. The number of carbonyl (C=O) groups is 1. The van der Waals surface area contributed by atoms with Crippen molar-refractivity contribution in [1.82, 2.24) is 20.1 Å². The summed E-state index contributed by atoms with van der Waals surface area (Å²) in [5, 5.41) is 14.6. The highest BCUT2D eigenvalue weighted by Gasteiger charge is 2.17. The summed E-state index contributed by atoms with van der Waals surface area (Å²) < 4.78 is 12.8. The molecule has 9 heteroatoms. The van der Waals surface area contributed by atoms with E-state index >= 15 is 0 Å². The maximum absolute atomic E-state index is 13.0. The first-order chi connectivity index (χ1) is 16.7. The van der Waals surface area contributed by atoms with E-state index in [0.29, 0.717) is 30.2 Å². The summed E-state index contributed by atoms with van der Waals surface area (Å²) in [5.41, 5.74) is 2.52. The fourth-order valence-electron chi connectivity index (χ4n) is 3.62. The van der Waals surface area contributed by atoms with Crippen molar-refractivity contribution in [3.05, 3.63) is 89.3 Å². The average Bonchev–Trinajstić information content (AvgIpc) is 3.62. The van der Waals surface area contributed by atoms with Crippen molar-refractivity contribution >= 4 is 29.0 Å². The number of nitrogens with one attached hydrogen (secondary N) is 1. The zero-order chi connectivity index (χ0) is 23.3. The number of ether oxygens (including phenoxy) is 2. The molecule has 3 heterocycles. The van der Waals surface area contributed by atoms with Gasteiger partial charge in [-0.2, -0.15) is 0 Å². The Morgan fingerprint density at radius 3 is 2.88 bits per heavy atom. The highest BCUT2D eigenvalue weighted by molar-refractivity contribution is 7.98. The molecule has 1 aliphatic heterocycles. The Hall–Kier alpha value is -3.56. The minimum Gasteiger partial charge on any atom is -0.454 e. The lowest BCUT2D eigenvalue weighted by molar-refractivity contribution is 0.0950. The number of aromatic nitrogens is 3. The molecule has 0 bridgehead atoms. The summed E-state index contributed by atoms with van der Waals surface area (Å²) in [5.74, 6) is 2.72. The molecule has 0 atom stereocenters. The van der Waals surface area contributed by atoms with Crippen LogP contribution < -0.4 is 14.8 Å². The second-order valence-electron chi connectivity index (χ2n) is 7.50. The number of amides is 1. The molecule has 34 heavy (non-hydrogen) atoms. The molecule has 1 amide bonds. The predicted octanol–water partition coefficient (Wildman–Crippen LogP) is 5.14. The van der Waals surface area contributed by atoms with E-state index in [1.807, 2.05) is 70.6 Å². The summed E-state index contributed by atoms with van der Waals surface area (Å²) in [6, 6.07) is 17.3. The molecule has 0 saturated heterocycles. The Morgan fingerprint density at radius 2 is 2.03 bits per heavy atom. The average molecular weight is 491 g/mol. The van der Waals surface area contributed by atoms with E-state index in [0.717, 1.165) is 32.7 Å². The standard InChI is InChI=1S/C25H22N4O3S2/c1-2-11-29-23(22-8-5-12-33-22)27-28-25(29)34-15-18-6-3-4-7-19(18)24(30)26-14-17-9-10-20-21(13-17)32-16-31-20/h2-10,12-13H,1,11,14-16H2,(H,26,30). The van der Waals surface area contributed by atoms with Gasteiger partial charge in [0.1, 0.15) is 0 Å². The molecule has 5 rings (SSSR count). The van der Waals surface area contributed by atoms with Gasteiger partial charge in [0.2, 0.25) is 6.79 Å². The van der Waals surface area contributed by atoms with Crippen molar-refractivity contribution in [2.45, 2.75) is 24.0 Å². The molecule has 0 saturated carbocycles. The van der Waals surface area contributed by atoms with Gasteiger partial charge >= 0.3 is 0 Å². The van der Waals surface area contributed by atoms with Crippen LogP contribution in [0.15, 0.2) is 77.8 Å². The Labute approximate surface area is 205 Å². The maximum Gasteiger partial charge on any atom is 0.251 e. The third-order valence-corrected chi connectivity index (χ3v) is 7.16. The predicted molar refractivity (Wildman–Crippen MR) is 133 cm³/mol. The smallest absolute Gasteiger partial charge is 0.251 e. The molecule has 0 spiro atoms. The van der Waals surface area contributed by atoms with Gasteiger partial charge < -0.3 is 14.8 Å². The third-order valence-electron chi connectivity index (χ3n) is 5.28. The van der Waals surface area contributed by atoms with Crippen molar-refractivity contribution in [3.63, 3.8) is 0 Å². The van der Waals surface area contributed by atoms with Crippen LogP contribution in [0.4, 0.5) is 0 Å². The van der Waals surface area contributed by atoms with E-state index in [2.05, 4.69) is 22.1 Å². The first kappa shape index (κ1) is 22.2. The van der Waals surface area contributed by atoms with E-state index in [-0.39, 0.29) is 12.7 Å². The number of hydrogen-bond donors (Lipinski definition) is 1. The Morgan fingerprint density at radius 1 is 1.15 bits per heavy atom. The number of allylic oxidation sites excluding steroid dienone is 1. The largest absolute Gasteiger partial charge is 0.454 e. The molecule has 4 aromatic rings. The normalized spacial score (nSPS) is 12.0. The number of hydrogen-bond acceptors (Lipinski definition) is 7. The molecule has 1 N–H and O–H groups in total. The first-order valence-corrected chi connectivity index (χ1v) is 12.5. The summed E-state index contributed by atoms with van der Waals surface area (Å²) in [7, 11) is 0. The van der Waals surface area contributed by atoms with Crippen LogP contribution in [0.1, 0.15) is 21.5 Å². The van der Waals surface area contributed by atoms with Crippen molar-refractivity contribution in [3.8, 4) is 22.2 Å². The fourth-order valence-corrected chi connectivity index (χ4v) is 5.28. The molecule has 0 unspecified atom stereocenters. The lowest BCUT2D eigenvalue weighted by Crippen LogP contribution is -2.23. The Kier molecular flexibility index (Phi) is 6.64. The van der Waals surface area contributed by atoms with Gasteiger partial charge in [0, 0.05) is 24.4 Å². The van der Waals surface area contributed by atoms with Gasteiger partial charge in [-0.25, -0.2) is 0 Å². The van der Waals surface area contributed by atoms with Crippen molar-refractivity contribution in [1.29, 1.82) is 0 Å². The molecule has 1 aliphatic rings. The van der Waals surface area contributed by atoms with E-state index in [1.54, 1.807) is 23.1 Å². The lowest BCUT2D eigenvalue weighted by Gasteiger charge is -2.11. The monoisotopic (exact) mass is 490 g/mol. The van der Waals surface area contributed by atoms with Crippen molar-refractivity contribution in [2.75, 3.05) is 6.79 Å². The van der Waals surface area contributed by atoms with Gasteiger partial charge in [0.05, 0.1) is 4.88 Å². The van der Waals surface area contributed by atoms with Crippen LogP contribution >= 0.6 is 23.1 Å². The van der Waals surface area contributed by atoms with Crippen LogP contribution in [0.5, 0.6) is 11.5 Å². The van der Waals surface area contributed by atoms with Crippen molar-refractivity contribution in [2.24, 2.45) is 0 Å². The maximum atomic E-state index is 13.0. The molecule has 0 radical (unpaired) electrons. The van der Waals surface area contributed by atoms with Gasteiger partial charge in [-0.15, -0.1) is 28.1 Å². The molecule has 0 aliphatic carbocycles. The quantitative estimate of drug-likeness (QED) is 0.258. The third kappa shape index (κ3) is 4.71. The van der Waals surface area contributed by atoms with Gasteiger partial charge in [-0.3, -0.25) is 9.36 Å². The summed E-state index contributed by atoms with van der Waals surface area (Å²) in [6.07, 6.45) is 1.84. The topological polar surface area (TPSA) is 78.3 Å². The van der Waals surface area contributed by atoms with Gasteiger partial charge in [-0.05, 0) is 40.8 Å². The number of thioether (sulfide) groups is 1. The SMILES string of the molecule is C=CCn1c(SCc2ccccc2C(=O)NCc2ccc3c(c2)OCO3)nnc1-c1cccs1. The van der Waals surface area contributed by atoms with Crippen LogP contribution in [0.2, 0.25) is 0 Å².